The van der Waals surface area contributed by atoms with E-state index in [1.165, 1.54) is 43.2 Å². The van der Waals surface area contributed by atoms with Crippen LogP contribution in [0.4, 0.5) is 0 Å². The highest BCUT2D eigenvalue weighted by Crippen LogP contribution is 2.30. The van der Waals surface area contributed by atoms with Gasteiger partial charge in [-0.2, -0.15) is 11.3 Å². The summed E-state index contributed by atoms with van der Waals surface area (Å²) in [4.78, 5) is 0. The molecule has 1 saturated carbocycles. The number of hydrogen-bond acceptors (Lipinski definition) is 2. The second kappa shape index (κ2) is 5.47. The van der Waals surface area contributed by atoms with Crippen LogP contribution < -0.4 is 0 Å². The molecule has 0 saturated heterocycles. The summed E-state index contributed by atoms with van der Waals surface area (Å²) >= 11 is 1.71. The third kappa shape index (κ3) is 2.93. The van der Waals surface area contributed by atoms with Gasteiger partial charge in [0, 0.05) is 0 Å². The van der Waals surface area contributed by atoms with Crippen LogP contribution in [0.2, 0.25) is 0 Å². The lowest BCUT2D eigenvalue weighted by molar-refractivity contribution is 0.295. The van der Waals surface area contributed by atoms with Gasteiger partial charge < -0.3 is 5.11 Å². The zero-order chi connectivity index (χ0) is 10.5. The van der Waals surface area contributed by atoms with E-state index < -0.39 is 0 Å². The van der Waals surface area contributed by atoms with Gasteiger partial charge >= 0.3 is 0 Å². The Morgan fingerprint density at radius 2 is 2.20 bits per heavy atom. The molecule has 1 nitrogen and oxygen atoms in total. The average Bonchev–Trinajstić information content (AvgIpc) is 2.80. The van der Waals surface area contributed by atoms with Crippen molar-refractivity contribution in [2.24, 2.45) is 5.92 Å². The Hall–Kier alpha value is -0.600. The number of rotatable bonds is 3. The molecular weight excluding hydrogens is 204 g/mol. The maximum Gasteiger partial charge on any atom is 0.0647 e. The minimum Gasteiger partial charge on any atom is -0.392 e. The third-order valence-electron chi connectivity index (χ3n) is 3.21. The van der Waals surface area contributed by atoms with E-state index in [-0.39, 0.29) is 6.61 Å². The normalized spacial score (nSPS) is 19.4. The zero-order valence-corrected chi connectivity index (χ0v) is 9.80. The summed E-state index contributed by atoms with van der Waals surface area (Å²) in [5.74, 6) is 0.628. The molecule has 15 heavy (non-hydrogen) atoms. The summed E-state index contributed by atoms with van der Waals surface area (Å²) in [5, 5.41) is 13.6. The van der Waals surface area contributed by atoms with Crippen molar-refractivity contribution in [2.45, 2.75) is 32.1 Å². The minimum atomic E-state index is 0.223. The number of aliphatic hydroxyl groups is 1. The van der Waals surface area contributed by atoms with Crippen LogP contribution in [-0.2, 0) is 0 Å². The predicted molar refractivity (Wildman–Crippen MR) is 66.0 cm³/mol. The van der Waals surface area contributed by atoms with Crippen molar-refractivity contribution in [1.29, 1.82) is 0 Å². The maximum atomic E-state index is 9.41. The van der Waals surface area contributed by atoms with Crippen LogP contribution in [-0.4, -0.2) is 11.7 Å². The van der Waals surface area contributed by atoms with Crippen LogP contribution in [0, 0.1) is 5.92 Å². The Balaban J connectivity index is 2.08. The molecule has 1 fully saturated rings. The van der Waals surface area contributed by atoms with Gasteiger partial charge in [0.15, 0.2) is 0 Å². The Morgan fingerprint density at radius 1 is 1.40 bits per heavy atom. The molecule has 0 radical (unpaired) electrons. The SMILES string of the molecule is OCC(=Cc1ccsc1)C1CCCCC1. The first-order chi connectivity index (χ1) is 7.40. The summed E-state index contributed by atoms with van der Waals surface area (Å²) in [5.41, 5.74) is 2.47. The Kier molecular flexibility index (Phi) is 3.98. The molecule has 1 aromatic heterocycles. The minimum absolute atomic E-state index is 0.223. The molecule has 1 aliphatic rings. The van der Waals surface area contributed by atoms with Crippen molar-refractivity contribution in [2.75, 3.05) is 6.61 Å². The molecule has 2 rings (SSSR count). The highest BCUT2D eigenvalue weighted by molar-refractivity contribution is 7.08. The van der Waals surface area contributed by atoms with Crippen molar-refractivity contribution >= 4 is 17.4 Å². The molecule has 0 bridgehead atoms. The summed E-state index contributed by atoms with van der Waals surface area (Å²) in [7, 11) is 0. The first-order valence-corrected chi connectivity index (χ1v) is 6.68. The highest BCUT2D eigenvalue weighted by atomic mass is 32.1. The largest absolute Gasteiger partial charge is 0.392 e. The van der Waals surface area contributed by atoms with Gasteiger partial charge in [0.2, 0.25) is 0 Å². The van der Waals surface area contributed by atoms with E-state index in [1.807, 2.05) is 0 Å². The van der Waals surface area contributed by atoms with Crippen LogP contribution in [0.3, 0.4) is 0 Å². The molecule has 0 amide bonds. The lowest BCUT2D eigenvalue weighted by atomic mass is 9.83. The van der Waals surface area contributed by atoms with Crippen molar-refractivity contribution in [1.82, 2.24) is 0 Å². The van der Waals surface area contributed by atoms with E-state index in [9.17, 15) is 5.11 Å². The Labute approximate surface area is 95.5 Å². The van der Waals surface area contributed by atoms with Crippen LogP contribution >= 0.6 is 11.3 Å². The van der Waals surface area contributed by atoms with Crippen molar-refractivity contribution in [3.8, 4) is 0 Å². The van der Waals surface area contributed by atoms with Crippen molar-refractivity contribution in [3.05, 3.63) is 28.0 Å². The number of thiophene rings is 1. The van der Waals surface area contributed by atoms with E-state index in [0.29, 0.717) is 5.92 Å². The monoisotopic (exact) mass is 222 g/mol. The van der Waals surface area contributed by atoms with Crippen LogP contribution in [0.5, 0.6) is 0 Å². The van der Waals surface area contributed by atoms with Crippen LogP contribution in [0.25, 0.3) is 6.08 Å². The van der Waals surface area contributed by atoms with Gasteiger partial charge in [-0.3, -0.25) is 0 Å². The summed E-state index contributed by atoms with van der Waals surface area (Å²) < 4.78 is 0. The van der Waals surface area contributed by atoms with Crippen LogP contribution in [0.1, 0.15) is 37.7 Å². The molecule has 82 valence electrons. The summed E-state index contributed by atoms with van der Waals surface area (Å²) in [6.45, 7) is 0.223. The van der Waals surface area contributed by atoms with Gasteiger partial charge in [-0.05, 0) is 46.7 Å². The average molecular weight is 222 g/mol. The molecule has 0 spiro atoms. The topological polar surface area (TPSA) is 20.2 Å². The molecule has 1 N–H and O–H groups in total. The smallest absolute Gasteiger partial charge is 0.0647 e. The van der Waals surface area contributed by atoms with E-state index in [1.54, 1.807) is 11.3 Å². The standard InChI is InChI=1S/C13H18OS/c14-9-13(8-11-6-7-15-10-11)12-4-2-1-3-5-12/h6-8,10,12,14H,1-5,9H2. The second-order valence-electron chi connectivity index (χ2n) is 4.27. The van der Waals surface area contributed by atoms with E-state index in [2.05, 4.69) is 22.9 Å². The molecule has 0 atom stereocenters. The fraction of sp³-hybridized carbons (Fsp3) is 0.538. The van der Waals surface area contributed by atoms with Gasteiger partial charge in [-0.1, -0.05) is 25.3 Å². The van der Waals surface area contributed by atoms with Crippen molar-refractivity contribution < 1.29 is 5.11 Å². The molecule has 1 heterocycles. The van der Waals surface area contributed by atoms with Gasteiger partial charge in [-0.25, -0.2) is 0 Å². The Morgan fingerprint density at radius 3 is 2.80 bits per heavy atom. The van der Waals surface area contributed by atoms with Gasteiger partial charge in [0.05, 0.1) is 6.61 Å². The van der Waals surface area contributed by atoms with E-state index in [0.717, 1.165) is 0 Å². The molecule has 0 aromatic carbocycles. The summed E-state index contributed by atoms with van der Waals surface area (Å²) in [6, 6.07) is 2.11. The Bertz CT molecular complexity index is 307. The van der Waals surface area contributed by atoms with E-state index in [4.69, 9.17) is 0 Å². The first-order valence-electron chi connectivity index (χ1n) is 5.73. The fourth-order valence-electron chi connectivity index (χ4n) is 2.34. The summed E-state index contributed by atoms with van der Waals surface area (Å²) in [6.07, 6.45) is 8.71. The third-order valence-corrected chi connectivity index (χ3v) is 3.91. The first kappa shape index (κ1) is 10.9. The predicted octanol–water partition coefficient (Wildman–Crippen LogP) is 3.70. The van der Waals surface area contributed by atoms with Gasteiger partial charge in [0.1, 0.15) is 0 Å². The zero-order valence-electron chi connectivity index (χ0n) is 8.98. The molecule has 0 aliphatic heterocycles. The molecule has 1 aromatic rings. The van der Waals surface area contributed by atoms with Gasteiger partial charge in [-0.15, -0.1) is 0 Å². The van der Waals surface area contributed by atoms with Crippen LogP contribution in [0.15, 0.2) is 22.4 Å². The number of hydrogen-bond donors (Lipinski definition) is 1. The number of aliphatic hydroxyl groups excluding tert-OH is 1. The molecule has 0 unspecified atom stereocenters. The fourth-order valence-corrected chi connectivity index (χ4v) is 2.96. The molecule has 2 heteroatoms. The van der Waals surface area contributed by atoms with E-state index >= 15 is 0 Å². The van der Waals surface area contributed by atoms with Gasteiger partial charge in [0.25, 0.3) is 0 Å². The lowest BCUT2D eigenvalue weighted by Gasteiger charge is -2.23. The molecular formula is C13H18OS. The molecule has 1 aliphatic carbocycles. The lowest BCUT2D eigenvalue weighted by Crippen LogP contribution is -2.11. The van der Waals surface area contributed by atoms with Crippen molar-refractivity contribution in [3.63, 3.8) is 0 Å². The highest BCUT2D eigenvalue weighted by Gasteiger charge is 2.16. The second-order valence-corrected chi connectivity index (χ2v) is 5.05. The maximum absolute atomic E-state index is 9.41. The quantitative estimate of drug-likeness (QED) is 0.826.